The van der Waals surface area contributed by atoms with Crippen molar-refractivity contribution in [3.8, 4) is 0 Å². The first-order valence-electron chi connectivity index (χ1n) is 5.48. The van der Waals surface area contributed by atoms with Gasteiger partial charge in [-0.15, -0.1) is 5.10 Å². The van der Waals surface area contributed by atoms with Gasteiger partial charge in [-0.05, 0) is 24.6 Å². The fourth-order valence-electron chi connectivity index (χ4n) is 1.64. The summed E-state index contributed by atoms with van der Waals surface area (Å²) in [6.45, 7) is 2.46. The molecule has 0 unspecified atom stereocenters. The van der Waals surface area contributed by atoms with Crippen molar-refractivity contribution < 1.29 is 4.79 Å². The summed E-state index contributed by atoms with van der Waals surface area (Å²) in [4.78, 5) is 10.9. The van der Waals surface area contributed by atoms with Crippen LogP contribution in [0.1, 0.15) is 17.0 Å². The predicted molar refractivity (Wildman–Crippen MR) is 68.2 cm³/mol. The predicted octanol–water partition coefficient (Wildman–Crippen LogP) is 1.32. The maximum absolute atomic E-state index is 10.9. The van der Waals surface area contributed by atoms with Crippen LogP contribution >= 0.6 is 11.6 Å². The normalized spacial score (nSPS) is 10.6. The van der Waals surface area contributed by atoms with Gasteiger partial charge in [0, 0.05) is 5.02 Å². The van der Waals surface area contributed by atoms with Gasteiger partial charge in [-0.3, -0.25) is 4.79 Å². The number of rotatable bonds is 4. The molecular weight excluding hydrogens is 252 g/mol. The zero-order valence-electron chi connectivity index (χ0n) is 9.93. The Balaban J connectivity index is 2.17. The maximum atomic E-state index is 10.9. The Kier molecular flexibility index (Phi) is 3.62. The fraction of sp³-hybridized carbons (Fsp3) is 0.250. The molecule has 0 saturated carbocycles. The third kappa shape index (κ3) is 2.87. The number of carbonyl (C=O) groups excluding carboxylic acids is 1. The van der Waals surface area contributed by atoms with E-state index in [0.717, 1.165) is 11.3 Å². The Bertz CT molecular complexity index is 562. The van der Waals surface area contributed by atoms with E-state index in [1.54, 1.807) is 4.68 Å². The SMILES string of the molecule is Cc1c(CC(N)=O)nnn1Cc1ccc(Cl)cc1. The van der Waals surface area contributed by atoms with Crippen molar-refractivity contribution in [3.63, 3.8) is 0 Å². The van der Waals surface area contributed by atoms with Gasteiger partial charge < -0.3 is 5.73 Å². The molecule has 1 heterocycles. The number of aromatic nitrogens is 3. The van der Waals surface area contributed by atoms with Gasteiger partial charge >= 0.3 is 0 Å². The molecule has 94 valence electrons. The molecule has 18 heavy (non-hydrogen) atoms. The zero-order valence-corrected chi connectivity index (χ0v) is 10.7. The van der Waals surface area contributed by atoms with Crippen LogP contribution in [0.15, 0.2) is 24.3 Å². The van der Waals surface area contributed by atoms with E-state index < -0.39 is 5.91 Å². The van der Waals surface area contributed by atoms with Crippen molar-refractivity contribution >= 4 is 17.5 Å². The van der Waals surface area contributed by atoms with Crippen molar-refractivity contribution in [1.82, 2.24) is 15.0 Å². The second kappa shape index (κ2) is 5.18. The first-order valence-corrected chi connectivity index (χ1v) is 5.86. The van der Waals surface area contributed by atoms with E-state index in [1.165, 1.54) is 0 Å². The number of nitrogens with two attached hydrogens (primary N) is 1. The van der Waals surface area contributed by atoms with Crippen LogP contribution in [-0.4, -0.2) is 20.9 Å². The molecule has 2 N–H and O–H groups in total. The Labute approximate surface area is 110 Å². The second-order valence-corrected chi connectivity index (χ2v) is 4.49. The quantitative estimate of drug-likeness (QED) is 0.905. The van der Waals surface area contributed by atoms with Gasteiger partial charge in [0.05, 0.1) is 24.4 Å². The van der Waals surface area contributed by atoms with Gasteiger partial charge in [-0.2, -0.15) is 0 Å². The molecule has 0 aliphatic rings. The van der Waals surface area contributed by atoms with E-state index in [9.17, 15) is 4.79 Å². The lowest BCUT2D eigenvalue weighted by molar-refractivity contribution is -0.117. The summed E-state index contributed by atoms with van der Waals surface area (Å²) < 4.78 is 1.74. The van der Waals surface area contributed by atoms with E-state index in [1.807, 2.05) is 31.2 Å². The number of halogens is 1. The van der Waals surface area contributed by atoms with E-state index in [0.29, 0.717) is 17.3 Å². The summed E-state index contributed by atoms with van der Waals surface area (Å²) in [6.07, 6.45) is 0.118. The van der Waals surface area contributed by atoms with Gasteiger partial charge in [0.25, 0.3) is 0 Å². The molecule has 1 aromatic heterocycles. The number of hydrogen-bond donors (Lipinski definition) is 1. The van der Waals surface area contributed by atoms with E-state index in [-0.39, 0.29) is 6.42 Å². The number of benzene rings is 1. The average Bonchev–Trinajstić information content (AvgIpc) is 2.64. The van der Waals surface area contributed by atoms with Crippen LogP contribution in [0.3, 0.4) is 0 Å². The standard InChI is InChI=1S/C12H13ClN4O/c1-8-11(6-12(14)18)15-16-17(8)7-9-2-4-10(13)5-3-9/h2-5H,6-7H2,1H3,(H2,14,18). The third-order valence-electron chi connectivity index (χ3n) is 2.67. The third-order valence-corrected chi connectivity index (χ3v) is 2.92. The lowest BCUT2D eigenvalue weighted by atomic mass is 10.2. The Hall–Kier alpha value is -1.88. The second-order valence-electron chi connectivity index (χ2n) is 4.05. The van der Waals surface area contributed by atoms with E-state index in [2.05, 4.69) is 10.3 Å². The molecule has 1 aromatic carbocycles. The maximum Gasteiger partial charge on any atom is 0.223 e. The molecule has 0 aliphatic carbocycles. The van der Waals surface area contributed by atoms with Crippen molar-refractivity contribution in [2.45, 2.75) is 19.9 Å². The Morgan fingerprint density at radius 2 is 2.06 bits per heavy atom. The van der Waals surface area contributed by atoms with Crippen LogP contribution in [0, 0.1) is 6.92 Å². The molecule has 0 spiro atoms. The Morgan fingerprint density at radius 3 is 2.67 bits per heavy atom. The minimum atomic E-state index is -0.406. The molecule has 0 fully saturated rings. The van der Waals surface area contributed by atoms with Crippen LogP contribution in [-0.2, 0) is 17.8 Å². The summed E-state index contributed by atoms with van der Waals surface area (Å²) in [5.74, 6) is -0.406. The monoisotopic (exact) mass is 264 g/mol. The molecule has 0 aliphatic heterocycles. The molecular formula is C12H13ClN4O. The summed E-state index contributed by atoms with van der Waals surface area (Å²) in [5.41, 5.74) is 7.68. The van der Waals surface area contributed by atoms with Crippen molar-refractivity contribution in [2.75, 3.05) is 0 Å². The molecule has 0 radical (unpaired) electrons. The topological polar surface area (TPSA) is 73.8 Å². The van der Waals surface area contributed by atoms with Crippen LogP contribution < -0.4 is 5.73 Å². The number of amides is 1. The van der Waals surface area contributed by atoms with Gasteiger partial charge in [0.15, 0.2) is 0 Å². The van der Waals surface area contributed by atoms with Crippen LogP contribution in [0.5, 0.6) is 0 Å². The zero-order chi connectivity index (χ0) is 13.1. The van der Waals surface area contributed by atoms with E-state index >= 15 is 0 Å². The van der Waals surface area contributed by atoms with Gasteiger partial charge in [0.1, 0.15) is 0 Å². The van der Waals surface area contributed by atoms with Gasteiger partial charge in [-0.25, -0.2) is 4.68 Å². The van der Waals surface area contributed by atoms with E-state index in [4.69, 9.17) is 17.3 Å². The molecule has 0 atom stereocenters. The lowest BCUT2D eigenvalue weighted by Crippen LogP contribution is -2.14. The first-order chi connectivity index (χ1) is 8.56. The fourth-order valence-corrected chi connectivity index (χ4v) is 1.76. The minimum Gasteiger partial charge on any atom is -0.369 e. The lowest BCUT2D eigenvalue weighted by Gasteiger charge is -2.04. The molecule has 6 heteroatoms. The summed E-state index contributed by atoms with van der Waals surface area (Å²) >= 11 is 5.82. The summed E-state index contributed by atoms with van der Waals surface area (Å²) in [7, 11) is 0. The smallest absolute Gasteiger partial charge is 0.223 e. The van der Waals surface area contributed by atoms with Gasteiger partial charge in [-0.1, -0.05) is 28.9 Å². The highest BCUT2D eigenvalue weighted by Crippen LogP contribution is 2.12. The molecule has 2 aromatic rings. The first kappa shape index (κ1) is 12.6. The van der Waals surface area contributed by atoms with Crippen molar-refractivity contribution in [3.05, 3.63) is 46.2 Å². The molecule has 1 amide bonds. The summed E-state index contributed by atoms with van der Waals surface area (Å²) in [5, 5.41) is 8.67. The molecule has 0 saturated heterocycles. The van der Waals surface area contributed by atoms with Crippen molar-refractivity contribution in [1.29, 1.82) is 0 Å². The highest BCUT2D eigenvalue weighted by molar-refractivity contribution is 6.30. The number of primary amides is 1. The summed E-state index contributed by atoms with van der Waals surface area (Å²) in [6, 6.07) is 7.51. The number of hydrogen-bond acceptors (Lipinski definition) is 3. The van der Waals surface area contributed by atoms with Crippen LogP contribution in [0.2, 0.25) is 5.02 Å². The molecule has 2 rings (SSSR count). The number of carbonyl (C=O) groups is 1. The Morgan fingerprint density at radius 1 is 1.39 bits per heavy atom. The highest BCUT2D eigenvalue weighted by Gasteiger charge is 2.10. The van der Waals surface area contributed by atoms with Crippen LogP contribution in [0.4, 0.5) is 0 Å². The van der Waals surface area contributed by atoms with Crippen molar-refractivity contribution in [2.24, 2.45) is 5.73 Å². The van der Waals surface area contributed by atoms with Gasteiger partial charge in [0.2, 0.25) is 5.91 Å². The number of nitrogens with zero attached hydrogens (tertiary/aromatic N) is 3. The molecule has 5 nitrogen and oxygen atoms in total. The minimum absolute atomic E-state index is 0.118. The highest BCUT2D eigenvalue weighted by atomic mass is 35.5. The average molecular weight is 265 g/mol. The molecule has 0 bridgehead atoms. The van der Waals surface area contributed by atoms with Crippen LogP contribution in [0.25, 0.3) is 0 Å². The largest absolute Gasteiger partial charge is 0.369 e.